The van der Waals surface area contributed by atoms with Gasteiger partial charge in [0.05, 0.1) is 23.4 Å². The highest BCUT2D eigenvalue weighted by atomic mass is 32.1. The molecule has 24 heavy (non-hydrogen) atoms. The smallest absolute Gasteiger partial charge is 0.266 e. The molecule has 0 radical (unpaired) electrons. The third kappa shape index (κ3) is 4.14. The van der Waals surface area contributed by atoms with Gasteiger partial charge in [0.25, 0.3) is 5.56 Å². The monoisotopic (exact) mass is 347 g/mol. The molecular formula is C18H21NO4S. The zero-order valence-electron chi connectivity index (χ0n) is 14.4. The lowest BCUT2D eigenvalue weighted by Crippen LogP contribution is -2.22. The molecule has 6 heteroatoms. The molecule has 5 nitrogen and oxygen atoms in total. The topological polar surface area (TPSA) is 68.4 Å². The minimum absolute atomic E-state index is 0.0337. The first kappa shape index (κ1) is 18.0. The minimum atomic E-state index is -0.482. The van der Waals surface area contributed by atoms with E-state index in [1.54, 1.807) is 32.4 Å². The van der Waals surface area contributed by atoms with Gasteiger partial charge in [0.15, 0.2) is 5.78 Å². The second-order valence-corrected chi connectivity index (χ2v) is 7.38. The maximum Gasteiger partial charge on any atom is 0.266 e. The van der Waals surface area contributed by atoms with Crippen molar-refractivity contribution in [2.75, 3.05) is 14.2 Å². The summed E-state index contributed by atoms with van der Waals surface area (Å²) in [6.45, 7) is 5.52. The van der Waals surface area contributed by atoms with Crippen molar-refractivity contribution in [2.24, 2.45) is 5.41 Å². The molecule has 0 aliphatic carbocycles. The van der Waals surface area contributed by atoms with E-state index in [-0.39, 0.29) is 11.3 Å². The number of carbonyl (C=O) groups excluding carboxylic acids is 1. The average Bonchev–Trinajstić information content (AvgIpc) is 2.86. The maximum absolute atomic E-state index is 12.1. The number of ether oxygens (including phenoxy) is 2. The van der Waals surface area contributed by atoms with E-state index in [1.165, 1.54) is 17.4 Å². The number of Topliss-reactive ketones (excluding diaryl/α,β-unsaturated/α-hetero) is 1. The standard InChI is InChI=1S/C18H21NO4S/c1-18(2,3)15(20)10-16-19-17(21)14(24-16)8-11-6-7-12(22-4)9-13(11)23-5/h6-10H,1-5H3,(H,19,21)/b14-8-,16-10+. The van der Waals surface area contributed by atoms with Crippen LogP contribution in [0.1, 0.15) is 26.3 Å². The Morgan fingerprint density at radius 1 is 1.21 bits per heavy atom. The molecule has 0 unspecified atom stereocenters. The number of carbonyl (C=O) groups is 1. The number of ketones is 1. The van der Waals surface area contributed by atoms with Crippen molar-refractivity contribution in [3.63, 3.8) is 0 Å². The molecule has 128 valence electrons. The van der Waals surface area contributed by atoms with Crippen molar-refractivity contribution < 1.29 is 14.3 Å². The quantitative estimate of drug-likeness (QED) is 0.914. The van der Waals surface area contributed by atoms with Crippen molar-refractivity contribution in [2.45, 2.75) is 20.8 Å². The molecule has 1 N–H and O–H groups in total. The van der Waals surface area contributed by atoms with Crippen molar-refractivity contribution in [1.29, 1.82) is 0 Å². The Morgan fingerprint density at radius 2 is 1.92 bits per heavy atom. The SMILES string of the molecule is COc1ccc(/C=c2\s/c(=C/C(=O)C(C)(C)C)[nH]c2=O)c(OC)c1. The number of aromatic nitrogens is 1. The largest absolute Gasteiger partial charge is 0.497 e. The van der Waals surface area contributed by atoms with Crippen LogP contribution in [0.4, 0.5) is 0 Å². The van der Waals surface area contributed by atoms with Crippen LogP contribution in [0, 0.1) is 5.41 Å². The van der Waals surface area contributed by atoms with E-state index in [9.17, 15) is 9.59 Å². The van der Waals surface area contributed by atoms with Crippen LogP contribution in [0.5, 0.6) is 11.5 Å². The summed E-state index contributed by atoms with van der Waals surface area (Å²) in [5.41, 5.74) is 0.0504. The Morgan fingerprint density at radius 3 is 2.50 bits per heavy atom. The Hall–Kier alpha value is -2.34. The maximum atomic E-state index is 12.1. The number of aromatic amines is 1. The van der Waals surface area contributed by atoms with Crippen molar-refractivity contribution in [1.82, 2.24) is 4.98 Å². The van der Waals surface area contributed by atoms with Gasteiger partial charge in [0.1, 0.15) is 11.5 Å². The number of thiazole rings is 1. The van der Waals surface area contributed by atoms with Gasteiger partial charge in [-0.3, -0.25) is 9.59 Å². The molecule has 0 aliphatic rings. The highest BCUT2D eigenvalue weighted by molar-refractivity contribution is 7.07. The number of benzene rings is 1. The van der Waals surface area contributed by atoms with Crippen LogP contribution in [0.3, 0.4) is 0 Å². The summed E-state index contributed by atoms with van der Waals surface area (Å²) in [6, 6.07) is 5.37. The lowest BCUT2D eigenvalue weighted by molar-refractivity contribution is -0.119. The van der Waals surface area contributed by atoms with E-state index < -0.39 is 5.41 Å². The summed E-state index contributed by atoms with van der Waals surface area (Å²) in [5, 5.41) is 0. The summed E-state index contributed by atoms with van der Waals surface area (Å²) in [5.74, 6) is 1.25. The Labute approximate surface area is 144 Å². The van der Waals surface area contributed by atoms with Gasteiger partial charge in [0, 0.05) is 23.1 Å². The lowest BCUT2D eigenvalue weighted by Gasteiger charge is -2.12. The van der Waals surface area contributed by atoms with Gasteiger partial charge in [-0.15, -0.1) is 11.3 Å². The molecule has 1 aromatic heterocycles. The number of methoxy groups -OCH3 is 2. The van der Waals surface area contributed by atoms with Crippen LogP contribution in [0.25, 0.3) is 12.2 Å². The minimum Gasteiger partial charge on any atom is -0.497 e. The lowest BCUT2D eigenvalue weighted by atomic mass is 9.91. The van der Waals surface area contributed by atoms with Crippen LogP contribution in [-0.4, -0.2) is 25.0 Å². The molecule has 1 aromatic carbocycles. The Bertz CT molecular complexity index is 916. The summed E-state index contributed by atoms with van der Waals surface area (Å²) in [6.07, 6.45) is 3.22. The van der Waals surface area contributed by atoms with Gasteiger partial charge < -0.3 is 14.5 Å². The van der Waals surface area contributed by atoms with Crippen molar-refractivity contribution in [3.8, 4) is 11.5 Å². The Balaban J connectivity index is 2.51. The second-order valence-electron chi connectivity index (χ2n) is 6.30. The third-order valence-electron chi connectivity index (χ3n) is 3.41. The predicted octanol–water partition coefficient (Wildman–Crippen LogP) is 1.68. The zero-order valence-corrected chi connectivity index (χ0v) is 15.2. The fourth-order valence-corrected chi connectivity index (χ4v) is 2.82. The summed E-state index contributed by atoms with van der Waals surface area (Å²) >= 11 is 1.24. The van der Waals surface area contributed by atoms with E-state index in [1.807, 2.05) is 26.8 Å². The van der Waals surface area contributed by atoms with Crippen molar-refractivity contribution in [3.05, 3.63) is 43.3 Å². The Kier molecular flexibility index (Phi) is 5.29. The first-order chi connectivity index (χ1) is 11.2. The number of H-pyrrole nitrogens is 1. The molecule has 0 amide bonds. The van der Waals surface area contributed by atoms with Crippen LogP contribution < -0.4 is 24.2 Å². The molecular weight excluding hydrogens is 326 g/mol. The normalized spacial score (nSPS) is 13.2. The highest BCUT2D eigenvalue weighted by Crippen LogP contribution is 2.24. The van der Waals surface area contributed by atoms with E-state index in [4.69, 9.17) is 9.47 Å². The van der Waals surface area contributed by atoms with E-state index in [2.05, 4.69) is 4.98 Å². The van der Waals surface area contributed by atoms with E-state index in [0.717, 1.165) is 5.56 Å². The average molecular weight is 347 g/mol. The summed E-state index contributed by atoms with van der Waals surface area (Å²) in [4.78, 5) is 26.9. The zero-order chi connectivity index (χ0) is 17.9. The molecule has 2 rings (SSSR count). The molecule has 0 atom stereocenters. The van der Waals surface area contributed by atoms with Gasteiger partial charge in [-0.1, -0.05) is 20.8 Å². The third-order valence-corrected chi connectivity index (χ3v) is 4.37. The number of rotatable bonds is 4. The summed E-state index contributed by atoms with van der Waals surface area (Å²) < 4.78 is 11.5. The van der Waals surface area contributed by atoms with Gasteiger partial charge in [-0.05, 0) is 18.2 Å². The van der Waals surface area contributed by atoms with Crippen LogP contribution in [0.15, 0.2) is 23.0 Å². The molecule has 1 heterocycles. The van der Waals surface area contributed by atoms with Crippen LogP contribution >= 0.6 is 11.3 Å². The first-order valence-electron chi connectivity index (χ1n) is 7.43. The summed E-state index contributed by atoms with van der Waals surface area (Å²) in [7, 11) is 3.14. The van der Waals surface area contributed by atoms with Gasteiger partial charge in [0.2, 0.25) is 0 Å². The number of hydrogen-bond donors (Lipinski definition) is 1. The fraction of sp³-hybridized carbons (Fsp3) is 0.333. The fourth-order valence-electron chi connectivity index (χ4n) is 1.94. The highest BCUT2D eigenvalue weighted by Gasteiger charge is 2.18. The molecule has 0 saturated heterocycles. The predicted molar refractivity (Wildman–Crippen MR) is 96.2 cm³/mol. The van der Waals surface area contributed by atoms with Gasteiger partial charge in [-0.2, -0.15) is 0 Å². The van der Waals surface area contributed by atoms with Crippen LogP contribution in [0.2, 0.25) is 0 Å². The van der Waals surface area contributed by atoms with Crippen molar-refractivity contribution >= 4 is 29.3 Å². The molecule has 0 fully saturated rings. The van der Waals surface area contributed by atoms with Gasteiger partial charge >= 0.3 is 0 Å². The van der Waals surface area contributed by atoms with E-state index in [0.29, 0.717) is 20.7 Å². The van der Waals surface area contributed by atoms with Crippen LogP contribution in [-0.2, 0) is 4.79 Å². The van der Waals surface area contributed by atoms with Gasteiger partial charge in [-0.25, -0.2) is 0 Å². The molecule has 0 bridgehead atoms. The molecule has 0 saturated carbocycles. The molecule has 2 aromatic rings. The van der Waals surface area contributed by atoms with E-state index >= 15 is 0 Å². The molecule has 0 aliphatic heterocycles. The first-order valence-corrected chi connectivity index (χ1v) is 8.25. The number of nitrogens with one attached hydrogen (secondary N) is 1. The second kappa shape index (κ2) is 7.05. The number of hydrogen-bond acceptors (Lipinski definition) is 5. The molecule has 0 spiro atoms.